The van der Waals surface area contributed by atoms with Crippen LogP contribution in [0.4, 0.5) is 0 Å². The molecule has 0 aliphatic carbocycles. The summed E-state index contributed by atoms with van der Waals surface area (Å²) >= 11 is 0. The molecule has 4 aromatic rings. The van der Waals surface area contributed by atoms with E-state index in [1.807, 2.05) is 51.1 Å². The highest BCUT2D eigenvalue weighted by molar-refractivity contribution is 5.67. The van der Waals surface area contributed by atoms with Gasteiger partial charge in [-0.2, -0.15) is 0 Å². The molecule has 0 N–H and O–H groups in total. The summed E-state index contributed by atoms with van der Waals surface area (Å²) in [5.74, 6) is 1.17. The minimum Gasteiger partial charge on any atom is -0.451 e. The zero-order valence-corrected chi connectivity index (χ0v) is 19.4. The van der Waals surface area contributed by atoms with Gasteiger partial charge in [0.05, 0.1) is 5.69 Å². The minimum atomic E-state index is -0.669. The van der Waals surface area contributed by atoms with Crippen LogP contribution in [0.1, 0.15) is 52.8 Å². The summed E-state index contributed by atoms with van der Waals surface area (Å²) in [7, 11) is 0. The van der Waals surface area contributed by atoms with Crippen LogP contribution < -0.4 is 0 Å². The molecule has 0 saturated heterocycles. The van der Waals surface area contributed by atoms with E-state index in [1.165, 1.54) is 6.92 Å². The normalized spacial score (nSPS) is 12.1. The summed E-state index contributed by atoms with van der Waals surface area (Å²) in [5.41, 5.74) is 6.62. The number of aryl methyl sites for hydroxylation is 5. The molecule has 0 fully saturated rings. The lowest BCUT2D eigenvalue weighted by atomic mass is 10.1. The van der Waals surface area contributed by atoms with Crippen molar-refractivity contribution >= 4 is 5.97 Å². The van der Waals surface area contributed by atoms with E-state index in [0.29, 0.717) is 5.69 Å². The SMILES string of the molecule is CC(=O)OC(c1cccc(C)n1)c1ccc(-n2c(C)ccc2C)nc1-n1c(C)ccc1C. The van der Waals surface area contributed by atoms with E-state index in [1.54, 1.807) is 0 Å². The lowest BCUT2D eigenvalue weighted by Crippen LogP contribution is -2.17. The standard InChI is InChI=1S/C26H28N4O2/c1-16-8-7-9-23(27-16)25(32-21(6)31)22-14-15-24(29-17(2)10-11-18(29)3)28-26(22)30-19(4)12-13-20(30)5/h7-15,25H,1-6H3. The number of nitrogens with zero attached hydrogens (tertiary/aromatic N) is 4. The maximum atomic E-state index is 12.1. The molecule has 0 radical (unpaired) electrons. The molecule has 0 saturated carbocycles. The number of hydrogen-bond acceptors (Lipinski definition) is 4. The number of aromatic nitrogens is 4. The van der Waals surface area contributed by atoms with Gasteiger partial charge in [0.25, 0.3) is 0 Å². The molecule has 164 valence electrons. The highest BCUT2D eigenvalue weighted by Crippen LogP contribution is 2.32. The molecule has 0 bridgehead atoms. The van der Waals surface area contributed by atoms with Gasteiger partial charge in [-0.3, -0.25) is 9.78 Å². The molecule has 0 aromatic carbocycles. The number of carbonyl (C=O) groups excluding carboxylic acids is 1. The summed E-state index contributed by atoms with van der Waals surface area (Å²) in [6.07, 6.45) is -0.669. The Morgan fingerprint density at radius 1 is 0.781 bits per heavy atom. The molecule has 0 spiro atoms. The van der Waals surface area contributed by atoms with Crippen molar-refractivity contribution in [2.24, 2.45) is 0 Å². The lowest BCUT2D eigenvalue weighted by molar-refractivity contribution is -0.144. The van der Waals surface area contributed by atoms with Crippen molar-refractivity contribution in [2.45, 2.75) is 47.6 Å². The first-order valence-electron chi connectivity index (χ1n) is 10.7. The number of ether oxygens (including phenoxy) is 1. The minimum absolute atomic E-state index is 0.369. The van der Waals surface area contributed by atoms with Crippen molar-refractivity contribution in [3.63, 3.8) is 0 Å². The molecule has 0 aliphatic rings. The summed E-state index contributed by atoms with van der Waals surface area (Å²) in [5, 5.41) is 0. The number of esters is 1. The highest BCUT2D eigenvalue weighted by Gasteiger charge is 2.26. The third kappa shape index (κ3) is 3.96. The third-order valence-corrected chi connectivity index (χ3v) is 5.62. The van der Waals surface area contributed by atoms with Gasteiger partial charge >= 0.3 is 5.97 Å². The lowest BCUT2D eigenvalue weighted by Gasteiger charge is -2.23. The molecule has 32 heavy (non-hydrogen) atoms. The van der Waals surface area contributed by atoms with Gasteiger partial charge in [-0.15, -0.1) is 0 Å². The average Bonchev–Trinajstić information content (AvgIpc) is 3.26. The Hall–Kier alpha value is -3.67. The van der Waals surface area contributed by atoms with Gasteiger partial charge in [-0.1, -0.05) is 6.07 Å². The Balaban J connectivity index is 1.99. The van der Waals surface area contributed by atoms with Gasteiger partial charge in [-0.05, 0) is 83.1 Å². The van der Waals surface area contributed by atoms with Crippen molar-refractivity contribution in [1.82, 2.24) is 19.1 Å². The quantitative estimate of drug-likeness (QED) is 0.407. The first kappa shape index (κ1) is 21.6. The molecule has 1 atom stereocenters. The van der Waals surface area contributed by atoms with Crippen LogP contribution in [-0.2, 0) is 9.53 Å². The number of pyridine rings is 2. The van der Waals surface area contributed by atoms with Crippen molar-refractivity contribution < 1.29 is 9.53 Å². The molecule has 6 heteroatoms. The van der Waals surface area contributed by atoms with Crippen LogP contribution in [0.2, 0.25) is 0 Å². The van der Waals surface area contributed by atoms with Gasteiger partial charge in [0, 0.05) is 41.0 Å². The Morgan fingerprint density at radius 2 is 1.38 bits per heavy atom. The fourth-order valence-electron chi connectivity index (χ4n) is 4.15. The smallest absolute Gasteiger partial charge is 0.303 e. The van der Waals surface area contributed by atoms with Crippen LogP contribution in [0.25, 0.3) is 11.6 Å². The molecule has 4 rings (SSSR count). The first-order valence-corrected chi connectivity index (χ1v) is 10.7. The monoisotopic (exact) mass is 428 g/mol. The second-order valence-electron chi connectivity index (χ2n) is 8.18. The van der Waals surface area contributed by atoms with Gasteiger partial charge in [0.2, 0.25) is 0 Å². The number of rotatable bonds is 5. The van der Waals surface area contributed by atoms with Crippen molar-refractivity contribution in [3.05, 3.63) is 94.3 Å². The largest absolute Gasteiger partial charge is 0.451 e. The Labute approximate surface area is 188 Å². The fourth-order valence-corrected chi connectivity index (χ4v) is 4.15. The van der Waals surface area contributed by atoms with E-state index in [0.717, 1.165) is 45.7 Å². The van der Waals surface area contributed by atoms with E-state index >= 15 is 0 Å². The van der Waals surface area contributed by atoms with E-state index in [2.05, 4.69) is 52.2 Å². The second-order valence-corrected chi connectivity index (χ2v) is 8.18. The highest BCUT2D eigenvalue weighted by atomic mass is 16.5. The van der Waals surface area contributed by atoms with E-state index in [-0.39, 0.29) is 5.97 Å². The molecule has 0 aliphatic heterocycles. The number of hydrogen-bond donors (Lipinski definition) is 0. The van der Waals surface area contributed by atoms with Gasteiger partial charge in [0.15, 0.2) is 6.10 Å². The molecule has 4 heterocycles. The fraction of sp³-hybridized carbons (Fsp3) is 0.269. The van der Waals surface area contributed by atoms with Crippen molar-refractivity contribution in [1.29, 1.82) is 0 Å². The van der Waals surface area contributed by atoms with Crippen LogP contribution in [0.5, 0.6) is 0 Å². The van der Waals surface area contributed by atoms with E-state index in [4.69, 9.17) is 9.72 Å². The third-order valence-electron chi connectivity index (χ3n) is 5.62. The molecular formula is C26H28N4O2. The van der Waals surface area contributed by atoms with E-state index in [9.17, 15) is 4.79 Å². The summed E-state index contributed by atoms with van der Waals surface area (Å²) in [4.78, 5) is 21.8. The van der Waals surface area contributed by atoms with Crippen LogP contribution in [-0.4, -0.2) is 25.1 Å². The van der Waals surface area contributed by atoms with Crippen molar-refractivity contribution in [3.8, 4) is 11.6 Å². The number of carbonyl (C=O) groups is 1. The average molecular weight is 429 g/mol. The summed E-state index contributed by atoms with van der Waals surface area (Å²) in [6.45, 7) is 11.6. The maximum Gasteiger partial charge on any atom is 0.303 e. The zero-order valence-electron chi connectivity index (χ0n) is 19.4. The van der Waals surface area contributed by atoms with Gasteiger partial charge < -0.3 is 13.9 Å². The van der Waals surface area contributed by atoms with Crippen LogP contribution >= 0.6 is 0 Å². The van der Waals surface area contributed by atoms with Crippen LogP contribution in [0.15, 0.2) is 54.6 Å². The molecule has 0 amide bonds. The summed E-state index contributed by atoms with van der Waals surface area (Å²) in [6, 6.07) is 18.0. The van der Waals surface area contributed by atoms with E-state index < -0.39 is 6.10 Å². The molecule has 6 nitrogen and oxygen atoms in total. The topological polar surface area (TPSA) is 61.9 Å². The predicted octanol–water partition coefficient (Wildman–Crippen LogP) is 5.25. The first-order chi connectivity index (χ1) is 15.3. The second kappa shape index (κ2) is 8.46. The van der Waals surface area contributed by atoms with Gasteiger partial charge in [0.1, 0.15) is 11.6 Å². The zero-order chi connectivity index (χ0) is 23.0. The predicted molar refractivity (Wildman–Crippen MR) is 124 cm³/mol. The molecule has 4 aromatic heterocycles. The van der Waals surface area contributed by atoms with Gasteiger partial charge in [-0.25, -0.2) is 4.98 Å². The Morgan fingerprint density at radius 3 is 1.94 bits per heavy atom. The van der Waals surface area contributed by atoms with Crippen LogP contribution in [0.3, 0.4) is 0 Å². The molecule has 1 unspecified atom stereocenters. The Kier molecular flexibility index (Phi) is 5.70. The Bertz CT molecular complexity index is 1260. The summed E-state index contributed by atoms with van der Waals surface area (Å²) < 4.78 is 10.0. The molecular weight excluding hydrogens is 400 g/mol. The van der Waals surface area contributed by atoms with Crippen molar-refractivity contribution in [2.75, 3.05) is 0 Å². The maximum absolute atomic E-state index is 12.1. The van der Waals surface area contributed by atoms with Crippen LogP contribution in [0, 0.1) is 34.6 Å².